The van der Waals surface area contributed by atoms with E-state index in [4.69, 9.17) is 19.7 Å². The van der Waals surface area contributed by atoms with Crippen molar-refractivity contribution >= 4 is 17.9 Å². The summed E-state index contributed by atoms with van der Waals surface area (Å²) in [6, 6.07) is 0. The minimum absolute atomic E-state index is 0.103. The van der Waals surface area contributed by atoms with Gasteiger partial charge in [0.15, 0.2) is 0 Å². The molecule has 0 radical (unpaired) electrons. The average molecular weight is 587 g/mol. The van der Waals surface area contributed by atoms with Crippen molar-refractivity contribution in [3.63, 3.8) is 0 Å². The minimum atomic E-state index is -1.63. The molecule has 0 bridgehead atoms. The lowest BCUT2D eigenvalue weighted by molar-refractivity contribution is -0.155. The number of rotatable bonds is 12. The molecule has 2 N–H and O–H groups in total. The van der Waals surface area contributed by atoms with Crippen molar-refractivity contribution in [2.75, 3.05) is 13.2 Å². The molecule has 0 unspecified atom stereocenters. The van der Waals surface area contributed by atoms with Crippen LogP contribution in [0.4, 0.5) is 0 Å². The third-order valence-corrected chi connectivity index (χ3v) is 5.28. The largest absolute Gasteiger partial charge is 0.480 e. The number of nitrogens with zero attached hydrogens (tertiary/aromatic N) is 6. The van der Waals surface area contributed by atoms with E-state index in [9.17, 15) is 43.2 Å². The molecule has 2 aromatic heterocycles. The van der Waals surface area contributed by atoms with Gasteiger partial charge in [-0.25, -0.2) is 56.2 Å². The summed E-state index contributed by atoms with van der Waals surface area (Å²) in [4.78, 5) is 112. The standard InChI is InChI=1S/C22H30N6O13/c1-5-23-16(34)24(6-8-29)18(36)25(17(23)35)7-9-40-14(32)11-27-19(37)26(10-13(30)31)20(38)28(21(27)39)12-15(33)41-22(2,3)4/h29H,5-12H2,1-4H3,(H,30,31). The van der Waals surface area contributed by atoms with Crippen LogP contribution in [0.3, 0.4) is 0 Å². The number of aliphatic hydroxyl groups is 1. The van der Waals surface area contributed by atoms with Crippen LogP contribution in [0, 0.1) is 0 Å². The van der Waals surface area contributed by atoms with Gasteiger partial charge in [0.25, 0.3) is 0 Å². The lowest BCUT2D eigenvalue weighted by Crippen LogP contribution is -2.56. The van der Waals surface area contributed by atoms with Crippen molar-refractivity contribution in [2.45, 2.75) is 72.6 Å². The summed E-state index contributed by atoms with van der Waals surface area (Å²) in [6.07, 6.45) is 0. The van der Waals surface area contributed by atoms with Crippen molar-refractivity contribution in [3.05, 3.63) is 62.9 Å². The second-order valence-electron chi connectivity index (χ2n) is 9.43. The van der Waals surface area contributed by atoms with Gasteiger partial charge in [-0.15, -0.1) is 0 Å². The van der Waals surface area contributed by atoms with Crippen LogP contribution < -0.4 is 34.1 Å². The first-order valence-electron chi connectivity index (χ1n) is 12.1. The SMILES string of the molecule is CCn1c(=O)n(CCO)c(=O)n(CCOC(=O)Cn2c(=O)n(CC(=O)O)c(=O)n(CC(=O)OC(C)(C)C)c2=O)c1=O. The van der Waals surface area contributed by atoms with Crippen LogP contribution >= 0.6 is 0 Å². The van der Waals surface area contributed by atoms with E-state index in [1.54, 1.807) is 0 Å². The van der Waals surface area contributed by atoms with Gasteiger partial charge in [0, 0.05) is 6.54 Å². The number of ether oxygens (including phenoxy) is 2. The van der Waals surface area contributed by atoms with Gasteiger partial charge in [-0.1, -0.05) is 0 Å². The molecule has 2 aromatic rings. The van der Waals surface area contributed by atoms with E-state index >= 15 is 0 Å². The number of esters is 2. The van der Waals surface area contributed by atoms with Crippen molar-refractivity contribution in [1.82, 2.24) is 27.4 Å². The number of carbonyl (C=O) groups excluding carboxylic acids is 2. The van der Waals surface area contributed by atoms with Gasteiger partial charge < -0.3 is 19.7 Å². The van der Waals surface area contributed by atoms with Crippen LogP contribution in [0.1, 0.15) is 27.7 Å². The molecule has 226 valence electrons. The summed E-state index contributed by atoms with van der Waals surface area (Å²) in [7, 11) is 0. The Balaban J connectivity index is 2.38. The van der Waals surface area contributed by atoms with E-state index in [1.807, 2.05) is 0 Å². The summed E-state index contributed by atoms with van der Waals surface area (Å²) in [5.41, 5.74) is -8.36. The average Bonchev–Trinajstić information content (AvgIpc) is 2.86. The molecule has 41 heavy (non-hydrogen) atoms. The molecule has 19 nitrogen and oxygen atoms in total. The molecule has 2 heterocycles. The quantitative estimate of drug-likeness (QED) is 0.223. The predicted molar refractivity (Wildman–Crippen MR) is 136 cm³/mol. The topological polar surface area (TPSA) is 242 Å². The fourth-order valence-electron chi connectivity index (χ4n) is 3.59. The Hall–Kier alpha value is -4.81. The van der Waals surface area contributed by atoms with Crippen LogP contribution in [-0.2, 0) is 63.1 Å². The maximum absolute atomic E-state index is 12.9. The van der Waals surface area contributed by atoms with E-state index in [0.29, 0.717) is 9.13 Å². The Bertz CT molecular complexity index is 1690. The zero-order valence-electron chi connectivity index (χ0n) is 22.7. The van der Waals surface area contributed by atoms with Gasteiger partial charge >= 0.3 is 52.0 Å². The Kier molecular flexibility index (Phi) is 10.3. The van der Waals surface area contributed by atoms with Gasteiger partial charge in [-0.3, -0.25) is 14.4 Å². The van der Waals surface area contributed by atoms with Crippen molar-refractivity contribution in [2.24, 2.45) is 0 Å². The summed E-state index contributed by atoms with van der Waals surface area (Å²) in [6.45, 7) is 0.405. The van der Waals surface area contributed by atoms with E-state index in [1.165, 1.54) is 27.7 Å². The highest BCUT2D eigenvalue weighted by Crippen LogP contribution is 2.06. The number of aliphatic hydroxyl groups excluding tert-OH is 1. The van der Waals surface area contributed by atoms with Crippen LogP contribution in [0.5, 0.6) is 0 Å². The first-order valence-corrected chi connectivity index (χ1v) is 12.1. The maximum atomic E-state index is 12.9. The zero-order valence-corrected chi connectivity index (χ0v) is 22.7. The Labute approximate surface area is 228 Å². The molecule has 0 amide bonds. The van der Waals surface area contributed by atoms with Crippen LogP contribution in [0.15, 0.2) is 28.8 Å². The highest BCUT2D eigenvalue weighted by Gasteiger charge is 2.24. The molecule has 0 atom stereocenters. The normalized spacial score (nSPS) is 11.3. The molecule has 0 aromatic carbocycles. The second kappa shape index (κ2) is 13.0. The molecule has 0 aliphatic rings. The number of aromatic nitrogens is 6. The monoisotopic (exact) mass is 586 g/mol. The third kappa shape index (κ3) is 7.65. The first-order chi connectivity index (χ1) is 19.0. The molecule has 19 heteroatoms. The zero-order chi connectivity index (χ0) is 31.2. The lowest BCUT2D eigenvalue weighted by Gasteiger charge is -2.20. The molecule has 0 saturated carbocycles. The van der Waals surface area contributed by atoms with Crippen LogP contribution in [0.2, 0.25) is 0 Å². The number of carboxylic acid groups (broad SMARTS) is 1. The van der Waals surface area contributed by atoms with Gasteiger partial charge in [-0.2, -0.15) is 0 Å². The predicted octanol–water partition coefficient (Wildman–Crippen LogP) is -4.66. The van der Waals surface area contributed by atoms with Gasteiger partial charge in [0.05, 0.1) is 19.7 Å². The fourth-order valence-corrected chi connectivity index (χ4v) is 3.59. The second-order valence-corrected chi connectivity index (χ2v) is 9.43. The van der Waals surface area contributed by atoms with Crippen LogP contribution in [0.25, 0.3) is 0 Å². The number of carbonyl (C=O) groups is 3. The molecule has 0 saturated heterocycles. The maximum Gasteiger partial charge on any atom is 0.337 e. The fraction of sp³-hybridized carbons (Fsp3) is 0.591. The molecule has 0 aliphatic carbocycles. The van der Waals surface area contributed by atoms with E-state index in [0.717, 1.165) is 4.57 Å². The van der Waals surface area contributed by atoms with Gasteiger partial charge in [-0.05, 0) is 27.7 Å². The van der Waals surface area contributed by atoms with Crippen molar-refractivity contribution in [1.29, 1.82) is 0 Å². The smallest absolute Gasteiger partial charge is 0.337 e. The Morgan fingerprint density at radius 1 is 0.659 bits per heavy atom. The number of hydrogen-bond donors (Lipinski definition) is 2. The summed E-state index contributed by atoms with van der Waals surface area (Å²) in [5, 5.41) is 18.2. The number of hydrogen-bond acceptors (Lipinski definition) is 12. The summed E-state index contributed by atoms with van der Waals surface area (Å²) in [5.74, 6) is -3.95. The molecular weight excluding hydrogens is 556 g/mol. The molecule has 0 fully saturated rings. The molecule has 0 spiro atoms. The van der Waals surface area contributed by atoms with E-state index < -0.39 is 104 Å². The van der Waals surface area contributed by atoms with Gasteiger partial charge in [0.1, 0.15) is 31.8 Å². The van der Waals surface area contributed by atoms with Crippen molar-refractivity contribution < 1.29 is 34.1 Å². The van der Waals surface area contributed by atoms with E-state index in [2.05, 4.69) is 0 Å². The first kappa shape index (κ1) is 32.4. The highest BCUT2D eigenvalue weighted by atomic mass is 16.6. The molecule has 0 aliphatic heterocycles. The van der Waals surface area contributed by atoms with Gasteiger partial charge in [0.2, 0.25) is 0 Å². The third-order valence-electron chi connectivity index (χ3n) is 5.28. The Morgan fingerprint density at radius 3 is 1.51 bits per heavy atom. The van der Waals surface area contributed by atoms with Crippen LogP contribution in [-0.4, -0.2) is 74.3 Å². The molecule has 2 rings (SSSR count). The van der Waals surface area contributed by atoms with E-state index in [-0.39, 0.29) is 20.2 Å². The number of aliphatic carboxylic acids is 1. The highest BCUT2D eigenvalue weighted by molar-refractivity contribution is 5.70. The summed E-state index contributed by atoms with van der Waals surface area (Å²) >= 11 is 0. The molecular formula is C22H30N6O13. The van der Waals surface area contributed by atoms with Crippen molar-refractivity contribution in [3.8, 4) is 0 Å². The minimum Gasteiger partial charge on any atom is -0.480 e. The lowest BCUT2D eigenvalue weighted by atomic mass is 10.2. The Morgan fingerprint density at radius 2 is 1.07 bits per heavy atom. The summed E-state index contributed by atoms with van der Waals surface area (Å²) < 4.78 is 12.4. The number of carboxylic acids is 1.